The van der Waals surface area contributed by atoms with Crippen LogP contribution in [0.1, 0.15) is 0 Å². The number of nitrogens with zero attached hydrogens (tertiary/aromatic N) is 2. The normalized spacial score (nSPS) is 10.5. The van der Waals surface area contributed by atoms with Gasteiger partial charge in [-0.15, -0.1) is 5.16 Å². The van der Waals surface area contributed by atoms with Crippen molar-refractivity contribution in [3.05, 3.63) is 34.7 Å². The molecule has 11 heavy (non-hydrogen) atoms. The molecule has 4 heteroatoms. The molecule has 4 nitrogen and oxygen atoms in total. The van der Waals surface area contributed by atoms with Gasteiger partial charge in [0.2, 0.25) is 0 Å². The van der Waals surface area contributed by atoms with E-state index in [1.54, 1.807) is 18.3 Å². The molecule has 1 rings (SSSR count). The number of pyridine rings is 1. The molecule has 0 saturated heterocycles. The third-order valence-corrected chi connectivity index (χ3v) is 1.26. The smallest absolute Gasteiger partial charge is 0.250 e. The van der Waals surface area contributed by atoms with Gasteiger partial charge in [-0.2, -0.15) is 0 Å². The van der Waals surface area contributed by atoms with Gasteiger partial charge in [0.1, 0.15) is 0 Å². The first-order valence-electron chi connectivity index (χ1n) is 3.16. The molecule has 0 spiro atoms. The number of oxime groups is 1. The molecule has 0 unspecified atom stereocenters. The van der Waals surface area contributed by atoms with Gasteiger partial charge in [0, 0.05) is 12.3 Å². The van der Waals surface area contributed by atoms with Crippen LogP contribution in [0.25, 0.3) is 0 Å². The van der Waals surface area contributed by atoms with E-state index < -0.39 is 0 Å². The van der Waals surface area contributed by atoms with Crippen molar-refractivity contribution in [3.8, 4) is 0 Å². The van der Waals surface area contributed by atoms with Crippen LogP contribution < -0.4 is 5.56 Å². The Morgan fingerprint density at radius 2 is 2.45 bits per heavy atom. The van der Waals surface area contributed by atoms with Crippen LogP contribution in [0.2, 0.25) is 0 Å². The topological polar surface area (TPSA) is 54.6 Å². The fourth-order valence-corrected chi connectivity index (χ4v) is 0.736. The van der Waals surface area contributed by atoms with Gasteiger partial charge in [-0.05, 0) is 6.07 Å². The molecule has 0 aliphatic rings. The lowest BCUT2D eigenvalue weighted by Gasteiger charge is -1.96. The van der Waals surface area contributed by atoms with E-state index in [9.17, 15) is 4.79 Å². The maximum atomic E-state index is 10.9. The first-order valence-corrected chi connectivity index (χ1v) is 3.16. The highest BCUT2D eigenvalue weighted by atomic mass is 16.4. The Balaban J connectivity index is 2.86. The van der Waals surface area contributed by atoms with Crippen LogP contribution in [0.5, 0.6) is 0 Å². The second-order valence-electron chi connectivity index (χ2n) is 1.99. The maximum absolute atomic E-state index is 10.9. The Bertz CT molecular complexity index is 303. The SMILES string of the molecule is O=c1ccccn1CC=NO. The molecule has 1 aromatic rings. The van der Waals surface area contributed by atoms with E-state index in [0.29, 0.717) is 6.54 Å². The van der Waals surface area contributed by atoms with E-state index in [-0.39, 0.29) is 5.56 Å². The first kappa shape index (κ1) is 7.53. The summed E-state index contributed by atoms with van der Waals surface area (Å²) in [6.45, 7) is 0.302. The predicted molar refractivity (Wildman–Crippen MR) is 41.0 cm³/mol. The van der Waals surface area contributed by atoms with Crippen LogP contribution in [0, 0.1) is 0 Å². The van der Waals surface area contributed by atoms with Crippen molar-refractivity contribution >= 4 is 6.21 Å². The van der Waals surface area contributed by atoms with Crippen molar-refractivity contribution < 1.29 is 5.21 Å². The summed E-state index contributed by atoms with van der Waals surface area (Å²) in [7, 11) is 0. The number of hydrogen-bond donors (Lipinski definition) is 1. The minimum Gasteiger partial charge on any atom is -0.411 e. The van der Waals surface area contributed by atoms with Crippen LogP contribution in [-0.4, -0.2) is 16.0 Å². The second-order valence-corrected chi connectivity index (χ2v) is 1.99. The molecular formula is C7H8N2O2. The Kier molecular flexibility index (Phi) is 2.43. The third-order valence-electron chi connectivity index (χ3n) is 1.26. The standard InChI is InChI=1S/C7H8N2O2/c10-7-3-1-2-5-9(7)6-4-8-11/h1-5,11H,6H2. The molecule has 0 aliphatic carbocycles. The van der Waals surface area contributed by atoms with E-state index in [2.05, 4.69) is 5.16 Å². The molecule has 1 aromatic heterocycles. The van der Waals surface area contributed by atoms with Gasteiger partial charge in [0.15, 0.2) is 0 Å². The lowest BCUT2D eigenvalue weighted by Crippen LogP contribution is -2.18. The van der Waals surface area contributed by atoms with Gasteiger partial charge in [-0.3, -0.25) is 4.79 Å². The summed E-state index contributed by atoms with van der Waals surface area (Å²) >= 11 is 0. The number of aromatic nitrogens is 1. The van der Waals surface area contributed by atoms with Crippen molar-refractivity contribution in [2.24, 2.45) is 5.16 Å². The van der Waals surface area contributed by atoms with Gasteiger partial charge >= 0.3 is 0 Å². The van der Waals surface area contributed by atoms with Gasteiger partial charge < -0.3 is 9.77 Å². The highest BCUT2D eigenvalue weighted by Gasteiger charge is 1.88. The zero-order chi connectivity index (χ0) is 8.10. The highest BCUT2D eigenvalue weighted by Crippen LogP contribution is 1.78. The average Bonchev–Trinajstić information content (AvgIpc) is 2.03. The summed E-state index contributed by atoms with van der Waals surface area (Å²) in [6, 6.07) is 4.85. The van der Waals surface area contributed by atoms with Gasteiger partial charge in [-0.25, -0.2) is 0 Å². The average molecular weight is 152 g/mol. The van der Waals surface area contributed by atoms with Gasteiger partial charge in [0.05, 0.1) is 12.8 Å². The summed E-state index contributed by atoms with van der Waals surface area (Å²) in [4.78, 5) is 10.9. The monoisotopic (exact) mass is 152 g/mol. The summed E-state index contributed by atoms with van der Waals surface area (Å²) in [6.07, 6.45) is 2.88. The van der Waals surface area contributed by atoms with Crippen molar-refractivity contribution in [2.75, 3.05) is 0 Å². The first-order chi connectivity index (χ1) is 5.34. The molecule has 0 aromatic carbocycles. The van der Waals surface area contributed by atoms with Gasteiger partial charge in [-0.1, -0.05) is 6.07 Å². The zero-order valence-corrected chi connectivity index (χ0v) is 5.84. The molecule has 0 radical (unpaired) electrons. The van der Waals surface area contributed by atoms with Crippen LogP contribution >= 0.6 is 0 Å². The minimum absolute atomic E-state index is 0.104. The van der Waals surface area contributed by atoms with Crippen molar-refractivity contribution in [1.29, 1.82) is 0 Å². The summed E-state index contributed by atoms with van der Waals surface area (Å²) in [5, 5.41) is 10.9. The van der Waals surface area contributed by atoms with Gasteiger partial charge in [0.25, 0.3) is 5.56 Å². The Hall–Kier alpha value is -1.58. The highest BCUT2D eigenvalue weighted by molar-refractivity contribution is 5.55. The fraction of sp³-hybridized carbons (Fsp3) is 0.143. The molecule has 0 amide bonds. The molecule has 58 valence electrons. The maximum Gasteiger partial charge on any atom is 0.250 e. The predicted octanol–water partition coefficient (Wildman–Crippen LogP) is 0.308. The van der Waals surface area contributed by atoms with Crippen LogP contribution in [0.3, 0.4) is 0 Å². The quantitative estimate of drug-likeness (QED) is 0.376. The number of rotatable bonds is 2. The molecule has 0 aliphatic heterocycles. The van der Waals surface area contributed by atoms with Crippen molar-refractivity contribution in [2.45, 2.75) is 6.54 Å². The van der Waals surface area contributed by atoms with Crippen LogP contribution in [-0.2, 0) is 6.54 Å². The van der Waals surface area contributed by atoms with E-state index in [0.717, 1.165) is 0 Å². The fourth-order valence-electron chi connectivity index (χ4n) is 0.736. The van der Waals surface area contributed by atoms with Crippen molar-refractivity contribution in [1.82, 2.24) is 4.57 Å². The Morgan fingerprint density at radius 1 is 1.64 bits per heavy atom. The minimum atomic E-state index is -0.104. The molecule has 1 N–H and O–H groups in total. The zero-order valence-electron chi connectivity index (χ0n) is 5.84. The molecular weight excluding hydrogens is 144 g/mol. The molecule has 0 bridgehead atoms. The third kappa shape index (κ3) is 1.93. The molecule has 0 atom stereocenters. The Labute approximate surface area is 63.4 Å². The van der Waals surface area contributed by atoms with Crippen LogP contribution in [0.15, 0.2) is 34.3 Å². The summed E-state index contributed by atoms with van der Waals surface area (Å²) in [5.74, 6) is 0. The number of hydrogen-bond acceptors (Lipinski definition) is 3. The summed E-state index contributed by atoms with van der Waals surface area (Å²) in [5.41, 5.74) is -0.104. The summed E-state index contributed by atoms with van der Waals surface area (Å²) < 4.78 is 1.43. The molecule has 0 fully saturated rings. The van der Waals surface area contributed by atoms with E-state index in [1.165, 1.54) is 16.8 Å². The molecule has 0 saturated carbocycles. The second kappa shape index (κ2) is 3.55. The largest absolute Gasteiger partial charge is 0.411 e. The van der Waals surface area contributed by atoms with E-state index >= 15 is 0 Å². The van der Waals surface area contributed by atoms with E-state index in [1.807, 2.05) is 0 Å². The van der Waals surface area contributed by atoms with Crippen LogP contribution in [0.4, 0.5) is 0 Å². The lowest BCUT2D eigenvalue weighted by atomic mass is 10.5. The van der Waals surface area contributed by atoms with E-state index in [4.69, 9.17) is 5.21 Å². The molecule has 1 heterocycles. The van der Waals surface area contributed by atoms with Crippen molar-refractivity contribution in [3.63, 3.8) is 0 Å². The Morgan fingerprint density at radius 3 is 3.09 bits per heavy atom. The lowest BCUT2D eigenvalue weighted by molar-refractivity contribution is 0.320.